The van der Waals surface area contributed by atoms with E-state index in [0.29, 0.717) is 30.1 Å². The molecule has 4 rings (SSSR count). The number of epoxide rings is 1. The molecular weight excluding hydrogens is 366 g/mol. The van der Waals surface area contributed by atoms with Gasteiger partial charge in [-0.05, 0) is 67.8 Å². The minimum atomic E-state index is -0.691. The molecular formula is C26H38F2O. The zero-order chi connectivity index (χ0) is 20.2. The maximum atomic E-state index is 14.4. The van der Waals surface area contributed by atoms with Gasteiger partial charge in [-0.3, -0.25) is 0 Å². The third kappa shape index (κ3) is 5.40. The van der Waals surface area contributed by atoms with Crippen LogP contribution in [0, 0.1) is 35.3 Å². The summed E-state index contributed by atoms with van der Waals surface area (Å²) in [4.78, 5) is 0. The van der Waals surface area contributed by atoms with E-state index < -0.39 is 11.6 Å². The highest BCUT2D eigenvalue weighted by Gasteiger charge is 2.32. The zero-order valence-electron chi connectivity index (χ0n) is 18.1. The second kappa shape index (κ2) is 9.90. The van der Waals surface area contributed by atoms with Crippen molar-refractivity contribution in [3.8, 4) is 0 Å². The Kier molecular flexibility index (Phi) is 7.26. The second-order valence-corrected chi connectivity index (χ2v) is 10.0. The molecule has 1 atom stereocenters. The second-order valence-electron chi connectivity index (χ2n) is 10.0. The summed E-state index contributed by atoms with van der Waals surface area (Å²) in [5, 5.41) is 0. The maximum absolute atomic E-state index is 14.4. The Labute approximate surface area is 175 Å². The van der Waals surface area contributed by atoms with Crippen LogP contribution < -0.4 is 0 Å². The van der Waals surface area contributed by atoms with Gasteiger partial charge < -0.3 is 4.74 Å². The van der Waals surface area contributed by atoms with Crippen LogP contribution in [0.5, 0.6) is 0 Å². The zero-order valence-corrected chi connectivity index (χ0v) is 18.1. The lowest BCUT2D eigenvalue weighted by atomic mass is 9.68. The standard InChI is InChI=1S/C26H38F2O/c1-2-3-4-18-5-10-20(11-6-18)21-12-7-19(8-13-21)9-14-22-15-16-23(24-17-29-24)26(28)25(22)27/h15-16,18-21,24H,2-14,17H2,1H3. The van der Waals surface area contributed by atoms with Gasteiger partial charge in [0.05, 0.1) is 6.61 Å². The molecule has 3 aliphatic rings. The van der Waals surface area contributed by atoms with E-state index in [2.05, 4.69) is 6.92 Å². The van der Waals surface area contributed by atoms with Gasteiger partial charge in [0.1, 0.15) is 6.10 Å². The van der Waals surface area contributed by atoms with Gasteiger partial charge in [0.15, 0.2) is 11.6 Å². The Morgan fingerprint density at radius 3 is 1.97 bits per heavy atom. The molecule has 1 aliphatic heterocycles. The topological polar surface area (TPSA) is 12.5 Å². The minimum Gasteiger partial charge on any atom is -0.368 e. The molecule has 3 heteroatoms. The maximum Gasteiger partial charge on any atom is 0.164 e. The lowest BCUT2D eigenvalue weighted by molar-refractivity contribution is 0.140. The van der Waals surface area contributed by atoms with Crippen molar-refractivity contribution in [2.24, 2.45) is 23.7 Å². The smallest absolute Gasteiger partial charge is 0.164 e. The molecule has 1 heterocycles. The molecule has 0 amide bonds. The predicted octanol–water partition coefficient (Wildman–Crippen LogP) is 7.77. The van der Waals surface area contributed by atoms with E-state index in [1.54, 1.807) is 12.1 Å². The molecule has 1 aromatic rings. The minimum absolute atomic E-state index is 0.226. The summed E-state index contributed by atoms with van der Waals surface area (Å²) in [5.74, 6) is 2.22. The average molecular weight is 405 g/mol. The molecule has 0 spiro atoms. The van der Waals surface area contributed by atoms with Gasteiger partial charge in [-0.25, -0.2) is 8.78 Å². The van der Waals surface area contributed by atoms with Gasteiger partial charge in [-0.1, -0.05) is 64.0 Å². The molecule has 0 radical (unpaired) electrons. The highest BCUT2D eigenvalue weighted by Crippen LogP contribution is 2.43. The van der Waals surface area contributed by atoms with Crippen molar-refractivity contribution in [3.05, 3.63) is 34.9 Å². The Morgan fingerprint density at radius 1 is 0.828 bits per heavy atom. The summed E-state index contributed by atoms with van der Waals surface area (Å²) in [6.45, 7) is 2.81. The van der Waals surface area contributed by atoms with Crippen LogP contribution in [0.1, 0.15) is 101 Å². The van der Waals surface area contributed by atoms with E-state index in [0.717, 1.165) is 24.2 Å². The fourth-order valence-electron chi connectivity index (χ4n) is 6.02. The summed E-state index contributed by atoms with van der Waals surface area (Å²) in [5.41, 5.74) is 0.926. The molecule has 0 aromatic heterocycles. The van der Waals surface area contributed by atoms with Crippen LogP contribution in [-0.4, -0.2) is 6.61 Å². The number of hydrogen-bond acceptors (Lipinski definition) is 1. The molecule has 2 aliphatic carbocycles. The highest BCUT2D eigenvalue weighted by molar-refractivity contribution is 5.29. The number of unbranched alkanes of at least 4 members (excludes halogenated alkanes) is 1. The molecule has 3 fully saturated rings. The summed E-state index contributed by atoms with van der Waals surface area (Å²) in [6.07, 6.45) is 16.7. The average Bonchev–Trinajstić information content (AvgIpc) is 3.59. The number of hydrogen-bond donors (Lipinski definition) is 0. The molecule has 1 aromatic carbocycles. The van der Waals surface area contributed by atoms with Crippen molar-refractivity contribution in [1.29, 1.82) is 0 Å². The first-order valence-corrected chi connectivity index (χ1v) is 12.2. The van der Waals surface area contributed by atoms with Crippen LogP contribution in [0.2, 0.25) is 0 Å². The Bertz CT molecular complexity index is 653. The molecule has 2 saturated carbocycles. The third-order valence-corrected chi connectivity index (χ3v) is 8.11. The van der Waals surface area contributed by atoms with E-state index >= 15 is 0 Å². The van der Waals surface area contributed by atoms with E-state index in [4.69, 9.17) is 4.74 Å². The van der Waals surface area contributed by atoms with E-state index in [1.165, 1.54) is 70.6 Å². The van der Waals surface area contributed by atoms with Crippen molar-refractivity contribution in [2.45, 2.75) is 96.5 Å². The van der Waals surface area contributed by atoms with Gasteiger partial charge in [0.2, 0.25) is 0 Å². The van der Waals surface area contributed by atoms with Crippen LogP contribution >= 0.6 is 0 Å². The first kappa shape index (κ1) is 21.3. The number of halogens is 2. The van der Waals surface area contributed by atoms with Crippen LogP contribution in [0.25, 0.3) is 0 Å². The van der Waals surface area contributed by atoms with Gasteiger partial charge in [0, 0.05) is 5.56 Å². The van der Waals surface area contributed by atoms with Gasteiger partial charge in [-0.2, -0.15) is 0 Å². The molecule has 0 N–H and O–H groups in total. The normalized spacial score (nSPS) is 32.3. The first-order chi connectivity index (χ1) is 14.2. The highest BCUT2D eigenvalue weighted by atomic mass is 19.2. The number of ether oxygens (including phenoxy) is 1. The van der Waals surface area contributed by atoms with Crippen molar-refractivity contribution >= 4 is 0 Å². The third-order valence-electron chi connectivity index (χ3n) is 8.11. The summed E-state index contributed by atoms with van der Waals surface area (Å²) >= 11 is 0. The SMILES string of the molecule is CCCCC1CCC(C2CCC(CCc3ccc(C4CO4)c(F)c3F)CC2)CC1. The number of benzene rings is 1. The predicted molar refractivity (Wildman–Crippen MR) is 114 cm³/mol. The lowest BCUT2D eigenvalue weighted by Crippen LogP contribution is -2.26. The Morgan fingerprint density at radius 2 is 1.41 bits per heavy atom. The van der Waals surface area contributed by atoms with Gasteiger partial charge in [0.25, 0.3) is 0 Å². The molecule has 29 heavy (non-hydrogen) atoms. The summed E-state index contributed by atoms with van der Waals surface area (Å²) < 4.78 is 33.7. The fourth-order valence-corrected chi connectivity index (χ4v) is 6.02. The largest absolute Gasteiger partial charge is 0.368 e. The molecule has 1 nitrogen and oxygen atoms in total. The summed E-state index contributed by atoms with van der Waals surface area (Å²) in [6, 6.07) is 3.50. The fraction of sp³-hybridized carbons (Fsp3) is 0.769. The van der Waals surface area contributed by atoms with Crippen LogP contribution in [0.3, 0.4) is 0 Å². The summed E-state index contributed by atoms with van der Waals surface area (Å²) in [7, 11) is 0. The van der Waals surface area contributed by atoms with E-state index in [9.17, 15) is 8.78 Å². The van der Waals surface area contributed by atoms with Crippen molar-refractivity contribution in [3.63, 3.8) is 0 Å². The number of rotatable bonds is 8. The van der Waals surface area contributed by atoms with Crippen LogP contribution in [-0.2, 0) is 11.2 Å². The molecule has 1 saturated heterocycles. The number of aryl methyl sites for hydroxylation is 1. The monoisotopic (exact) mass is 404 g/mol. The van der Waals surface area contributed by atoms with Gasteiger partial charge in [-0.15, -0.1) is 0 Å². The van der Waals surface area contributed by atoms with Gasteiger partial charge >= 0.3 is 0 Å². The van der Waals surface area contributed by atoms with Crippen molar-refractivity contribution < 1.29 is 13.5 Å². The Hall–Kier alpha value is -0.960. The van der Waals surface area contributed by atoms with Crippen LogP contribution in [0.15, 0.2) is 12.1 Å². The van der Waals surface area contributed by atoms with Crippen molar-refractivity contribution in [2.75, 3.05) is 6.61 Å². The molecule has 0 bridgehead atoms. The molecule has 1 unspecified atom stereocenters. The van der Waals surface area contributed by atoms with Crippen LogP contribution in [0.4, 0.5) is 8.78 Å². The molecule has 162 valence electrons. The Balaban J connectivity index is 1.19. The van der Waals surface area contributed by atoms with E-state index in [1.807, 2.05) is 0 Å². The first-order valence-electron chi connectivity index (χ1n) is 12.2. The quantitative estimate of drug-likeness (QED) is 0.403. The van der Waals surface area contributed by atoms with Crippen molar-refractivity contribution in [1.82, 2.24) is 0 Å². The lowest BCUT2D eigenvalue weighted by Gasteiger charge is -2.38. The van der Waals surface area contributed by atoms with E-state index in [-0.39, 0.29) is 6.10 Å².